The maximum absolute atomic E-state index is 13.0. The van der Waals surface area contributed by atoms with Gasteiger partial charge in [0.25, 0.3) is 5.56 Å². The third-order valence-corrected chi connectivity index (χ3v) is 6.46. The molecule has 1 aromatic carbocycles. The number of amides is 1. The van der Waals surface area contributed by atoms with Crippen LogP contribution in [-0.4, -0.2) is 15.7 Å². The normalized spacial score (nSPS) is 10.9. The lowest BCUT2D eigenvalue weighted by atomic mass is 10.0. The number of hydrogen-bond acceptors (Lipinski definition) is 7. The Bertz CT molecular complexity index is 1340. The van der Waals surface area contributed by atoms with Gasteiger partial charge in [-0.05, 0) is 48.1 Å². The molecule has 176 valence electrons. The van der Waals surface area contributed by atoms with Crippen LogP contribution in [0.3, 0.4) is 0 Å². The monoisotopic (exact) mass is 477 g/mol. The molecule has 4 aromatic rings. The lowest BCUT2D eigenvalue weighted by molar-refractivity contribution is -0.120. The van der Waals surface area contributed by atoms with Crippen LogP contribution in [0.5, 0.6) is 0 Å². The Morgan fingerprint density at radius 1 is 1.15 bits per heavy atom. The van der Waals surface area contributed by atoms with Crippen molar-refractivity contribution in [1.82, 2.24) is 15.1 Å². The molecule has 0 fully saturated rings. The van der Waals surface area contributed by atoms with Crippen molar-refractivity contribution in [2.75, 3.05) is 5.43 Å². The summed E-state index contributed by atoms with van der Waals surface area (Å²) in [5.41, 5.74) is 13.5. The summed E-state index contributed by atoms with van der Waals surface area (Å²) in [4.78, 5) is 26.7. The van der Waals surface area contributed by atoms with Crippen molar-refractivity contribution < 1.29 is 9.32 Å². The van der Waals surface area contributed by atoms with Crippen molar-refractivity contribution in [3.05, 3.63) is 97.9 Å². The Morgan fingerprint density at radius 2 is 2.00 bits per heavy atom. The Morgan fingerprint density at radius 3 is 2.76 bits per heavy atom. The number of nitrogens with two attached hydrogens (primary N) is 1. The number of aromatic nitrogens is 2. The van der Waals surface area contributed by atoms with E-state index in [1.807, 2.05) is 61.7 Å². The van der Waals surface area contributed by atoms with Gasteiger partial charge in [0, 0.05) is 30.9 Å². The van der Waals surface area contributed by atoms with Gasteiger partial charge >= 0.3 is 0 Å². The van der Waals surface area contributed by atoms with Crippen molar-refractivity contribution in [2.45, 2.75) is 39.9 Å². The molecule has 3 aromatic heterocycles. The van der Waals surface area contributed by atoms with Gasteiger partial charge < -0.3 is 21.0 Å². The summed E-state index contributed by atoms with van der Waals surface area (Å²) in [5, 5.41) is 8.94. The molecular formula is C25H27N5O3S. The number of carbonyl (C=O) groups is 1. The van der Waals surface area contributed by atoms with E-state index in [0.717, 1.165) is 27.1 Å². The smallest absolute Gasteiger partial charge is 0.272 e. The minimum Gasteiger partial charge on any atom is -0.355 e. The van der Waals surface area contributed by atoms with Crippen LogP contribution < -0.4 is 22.0 Å². The molecule has 0 saturated carbocycles. The molecule has 34 heavy (non-hydrogen) atoms. The van der Waals surface area contributed by atoms with Crippen molar-refractivity contribution in [3.8, 4) is 10.6 Å². The van der Waals surface area contributed by atoms with Crippen molar-refractivity contribution in [2.24, 2.45) is 5.73 Å². The first-order chi connectivity index (χ1) is 16.4. The van der Waals surface area contributed by atoms with E-state index >= 15 is 0 Å². The van der Waals surface area contributed by atoms with Gasteiger partial charge in [-0.1, -0.05) is 35.0 Å². The average Bonchev–Trinajstić information content (AvgIpc) is 3.52. The molecule has 0 aliphatic heterocycles. The minimum absolute atomic E-state index is 0.0105. The lowest BCUT2D eigenvalue weighted by Crippen LogP contribution is -2.34. The van der Waals surface area contributed by atoms with Gasteiger partial charge in [0.1, 0.15) is 5.69 Å². The number of nitrogens with zero attached hydrogens (tertiary/aromatic N) is 2. The van der Waals surface area contributed by atoms with Crippen LogP contribution in [0.1, 0.15) is 33.5 Å². The summed E-state index contributed by atoms with van der Waals surface area (Å²) in [7, 11) is 0. The maximum atomic E-state index is 13.0. The van der Waals surface area contributed by atoms with Crippen LogP contribution in [0.2, 0.25) is 0 Å². The number of nitrogens with one attached hydrogen (secondary N) is 2. The zero-order valence-corrected chi connectivity index (χ0v) is 19.9. The van der Waals surface area contributed by atoms with Crippen molar-refractivity contribution in [3.63, 3.8) is 0 Å². The quantitative estimate of drug-likeness (QED) is 0.341. The van der Waals surface area contributed by atoms with E-state index < -0.39 is 0 Å². The summed E-state index contributed by atoms with van der Waals surface area (Å²) in [6.45, 7) is 4.89. The van der Waals surface area contributed by atoms with Crippen LogP contribution in [0.4, 0.5) is 0 Å². The molecule has 4 N–H and O–H groups in total. The molecule has 0 aliphatic carbocycles. The number of thiophene rings is 1. The molecule has 0 atom stereocenters. The van der Waals surface area contributed by atoms with Crippen LogP contribution in [-0.2, 0) is 30.8 Å². The summed E-state index contributed by atoms with van der Waals surface area (Å²) in [6.07, 6.45) is 1.64. The summed E-state index contributed by atoms with van der Waals surface area (Å²) in [6, 6.07) is 13.5. The van der Waals surface area contributed by atoms with Gasteiger partial charge in [0.2, 0.25) is 5.91 Å². The van der Waals surface area contributed by atoms with E-state index in [0.29, 0.717) is 36.7 Å². The number of carbonyl (C=O) groups excluding carboxylic acids is 1. The van der Waals surface area contributed by atoms with Gasteiger partial charge in [-0.2, -0.15) is 0 Å². The third-order valence-electron chi connectivity index (χ3n) is 5.58. The molecule has 8 nitrogen and oxygen atoms in total. The SMILES string of the molecule is Cc1ccc(CN)c(CNC(=O)Cc2c(C)ccn(NCc3cc(-c4cccs4)on3)c2=O)c1. The van der Waals surface area contributed by atoms with Crippen LogP contribution in [0.25, 0.3) is 10.6 Å². The number of aryl methyl sites for hydroxylation is 2. The highest BCUT2D eigenvalue weighted by Gasteiger charge is 2.14. The molecule has 9 heteroatoms. The second-order valence-corrected chi connectivity index (χ2v) is 9.02. The highest BCUT2D eigenvalue weighted by atomic mass is 32.1. The Hall–Kier alpha value is -3.69. The van der Waals surface area contributed by atoms with E-state index in [4.69, 9.17) is 10.3 Å². The highest BCUT2D eigenvalue weighted by molar-refractivity contribution is 7.13. The Labute approximate surface area is 201 Å². The Balaban J connectivity index is 1.41. The molecule has 0 aliphatic rings. The highest BCUT2D eigenvalue weighted by Crippen LogP contribution is 2.25. The minimum atomic E-state index is -0.268. The zero-order valence-electron chi connectivity index (χ0n) is 19.1. The van der Waals surface area contributed by atoms with E-state index in [9.17, 15) is 9.59 Å². The fourth-order valence-corrected chi connectivity index (χ4v) is 4.31. The largest absolute Gasteiger partial charge is 0.355 e. The molecule has 4 rings (SSSR count). The average molecular weight is 478 g/mol. The van der Waals surface area contributed by atoms with Crippen LogP contribution in [0.15, 0.2) is 63.4 Å². The molecule has 0 bridgehead atoms. The Kier molecular flexibility index (Phi) is 7.24. The first-order valence-electron chi connectivity index (χ1n) is 10.9. The first-order valence-corrected chi connectivity index (χ1v) is 11.8. The standard InChI is InChI=1S/C25H27N5O3S/c1-16-5-6-18(13-26)19(10-16)14-27-24(31)12-21-17(2)7-8-30(25(21)32)28-15-20-11-22(33-29-20)23-4-3-9-34-23/h3-11,28H,12-15,26H2,1-2H3,(H,27,31). The van der Waals surface area contributed by atoms with Gasteiger partial charge in [-0.3, -0.25) is 9.59 Å². The maximum Gasteiger partial charge on any atom is 0.272 e. The second kappa shape index (κ2) is 10.5. The predicted octanol–water partition coefficient (Wildman–Crippen LogP) is 3.24. The van der Waals surface area contributed by atoms with Crippen LogP contribution in [0, 0.1) is 13.8 Å². The van der Waals surface area contributed by atoms with E-state index in [2.05, 4.69) is 15.9 Å². The van der Waals surface area contributed by atoms with E-state index in [-0.39, 0.29) is 17.9 Å². The summed E-state index contributed by atoms with van der Waals surface area (Å²) >= 11 is 1.57. The van der Waals surface area contributed by atoms with Gasteiger partial charge in [-0.25, -0.2) is 4.68 Å². The molecule has 0 saturated heterocycles. The van der Waals surface area contributed by atoms with Crippen molar-refractivity contribution >= 4 is 17.2 Å². The molecule has 0 unspecified atom stereocenters. The van der Waals surface area contributed by atoms with Gasteiger partial charge in [-0.15, -0.1) is 11.3 Å². The molecule has 3 heterocycles. The first kappa shape index (κ1) is 23.5. The summed E-state index contributed by atoms with van der Waals surface area (Å²) in [5.74, 6) is 0.464. The van der Waals surface area contributed by atoms with Gasteiger partial charge in [0.15, 0.2) is 5.76 Å². The topological polar surface area (TPSA) is 115 Å². The second-order valence-electron chi connectivity index (χ2n) is 8.08. The third kappa shape index (κ3) is 5.44. The van der Waals surface area contributed by atoms with E-state index in [1.54, 1.807) is 17.5 Å². The molecule has 0 spiro atoms. The molecular weight excluding hydrogens is 450 g/mol. The summed E-state index contributed by atoms with van der Waals surface area (Å²) < 4.78 is 6.76. The molecule has 0 radical (unpaired) electrons. The van der Waals surface area contributed by atoms with Crippen LogP contribution >= 0.6 is 11.3 Å². The number of pyridine rings is 1. The number of rotatable bonds is 9. The zero-order chi connectivity index (χ0) is 24.1. The van der Waals surface area contributed by atoms with Crippen molar-refractivity contribution in [1.29, 1.82) is 0 Å². The number of hydrogen-bond donors (Lipinski definition) is 3. The fraction of sp³-hybridized carbons (Fsp3) is 0.240. The molecule has 1 amide bonds. The lowest BCUT2D eigenvalue weighted by Gasteiger charge is -2.13. The number of benzene rings is 1. The fourth-order valence-electron chi connectivity index (χ4n) is 3.64. The predicted molar refractivity (Wildman–Crippen MR) is 133 cm³/mol. The van der Waals surface area contributed by atoms with E-state index in [1.165, 1.54) is 4.68 Å². The van der Waals surface area contributed by atoms with Gasteiger partial charge in [0.05, 0.1) is 17.8 Å².